The van der Waals surface area contributed by atoms with Crippen molar-refractivity contribution in [2.24, 2.45) is 0 Å². The van der Waals surface area contributed by atoms with E-state index in [1.807, 2.05) is 0 Å². The average molecular weight is 197 g/mol. The van der Waals surface area contributed by atoms with Crippen molar-refractivity contribution in [1.29, 1.82) is 0 Å². The van der Waals surface area contributed by atoms with Crippen molar-refractivity contribution < 1.29 is 22.7 Å². The van der Waals surface area contributed by atoms with Gasteiger partial charge in [0.2, 0.25) is 0 Å². The summed E-state index contributed by atoms with van der Waals surface area (Å²) < 4.78 is 28.4. The SMILES string of the molecule is CC(F)[C@@H]1COS(=O)N1C(=O)O. The lowest BCUT2D eigenvalue weighted by atomic mass is 10.2. The molecule has 3 atom stereocenters. The van der Waals surface area contributed by atoms with Crippen LogP contribution in [0.2, 0.25) is 0 Å². The lowest BCUT2D eigenvalue weighted by Gasteiger charge is -2.17. The third kappa shape index (κ3) is 1.56. The maximum atomic E-state index is 12.7. The van der Waals surface area contributed by atoms with Gasteiger partial charge in [0.25, 0.3) is 11.3 Å². The number of hydrogen-bond acceptors (Lipinski definition) is 3. The summed E-state index contributed by atoms with van der Waals surface area (Å²) in [5, 5.41) is 8.49. The Bertz CT molecular complexity index is 221. The van der Waals surface area contributed by atoms with Gasteiger partial charge in [0.15, 0.2) is 0 Å². The van der Waals surface area contributed by atoms with Gasteiger partial charge in [0, 0.05) is 0 Å². The first kappa shape index (κ1) is 9.40. The molecule has 2 unspecified atom stereocenters. The van der Waals surface area contributed by atoms with E-state index in [2.05, 4.69) is 4.18 Å². The second-order valence-corrected chi connectivity index (χ2v) is 3.42. The topological polar surface area (TPSA) is 66.8 Å². The average Bonchev–Trinajstić information content (AvgIpc) is 2.30. The lowest BCUT2D eigenvalue weighted by molar-refractivity contribution is 0.142. The van der Waals surface area contributed by atoms with Crippen molar-refractivity contribution in [3.05, 3.63) is 0 Å². The third-order valence-electron chi connectivity index (χ3n) is 1.52. The number of halogens is 1. The van der Waals surface area contributed by atoms with Crippen LogP contribution in [0.1, 0.15) is 6.92 Å². The summed E-state index contributed by atoms with van der Waals surface area (Å²) in [5.74, 6) is 0. The molecule has 1 rings (SSSR count). The summed E-state index contributed by atoms with van der Waals surface area (Å²) in [6, 6.07) is -0.955. The van der Waals surface area contributed by atoms with E-state index in [4.69, 9.17) is 5.11 Å². The van der Waals surface area contributed by atoms with E-state index in [1.54, 1.807) is 0 Å². The van der Waals surface area contributed by atoms with Gasteiger partial charge in [0.1, 0.15) is 12.2 Å². The Morgan fingerprint density at radius 3 is 2.83 bits per heavy atom. The van der Waals surface area contributed by atoms with E-state index in [1.165, 1.54) is 6.92 Å². The number of hydrogen-bond donors (Lipinski definition) is 1. The van der Waals surface area contributed by atoms with Crippen LogP contribution < -0.4 is 0 Å². The largest absolute Gasteiger partial charge is 0.464 e. The van der Waals surface area contributed by atoms with E-state index in [0.717, 1.165) is 0 Å². The van der Waals surface area contributed by atoms with E-state index in [9.17, 15) is 13.4 Å². The second kappa shape index (κ2) is 3.36. The van der Waals surface area contributed by atoms with Gasteiger partial charge in [-0.3, -0.25) is 4.18 Å². The molecule has 1 amide bonds. The molecule has 0 aliphatic carbocycles. The summed E-state index contributed by atoms with van der Waals surface area (Å²) in [5.41, 5.74) is 0. The lowest BCUT2D eigenvalue weighted by Crippen LogP contribution is -2.40. The van der Waals surface area contributed by atoms with Crippen LogP contribution in [0.15, 0.2) is 0 Å². The molecule has 0 spiro atoms. The zero-order valence-electron chi connectivity index (χ0n) is 6.27. The highest BCUT2D eigenvalue weighted by atomic mass is 32.2. The number of amides is 1. The Kier molecular flexibility index (Phi) is 2.63. The van der Waals surface area contributed by atoms with Gasteiger partial charge in [-0.15, -0.1) is 0 Å². The van der Waals surface area contributed by atoms with Crippen molar-refractivity contribution >= 4 is 17.4 Å². The molecule has 12 heavy (non-hydrogen) atoms. The molecular weight excluding hydrogens is 189 g/mol. The molecule has 70 valence electrons. The zero-order valence-corrected chi connectivity index (χ0v) is 7.08. The Morgan fingerprint density at radius 2 is 2.50 bits per heavy atom. The van der Waals surface area contributed by atoms with Crippen molar-refractivity contribution in [1.82, 2.24) is 4.31 Å². The standard InChI is InChI=1S/C5H8FNO4S/c1-3(6)4-2-11-12(10)7(4)5(8)9/h3-4H,2H2,1H3,(H,8,9)/t3?,4-,12?/m0/s1. The first-order valence-electron chi connectivity index (χ1n) is 3.25. The molecular formula is C5H8FNO4S. The van der Waals surface area contributed by atoms with Crippen LogP contribution in [0.3, 0.4) is 0 Å². The molecule has 0 aromatic heterocycles. The summed E-state index contributed by atoms with van der Waals surface area (Å²) in [6.45, 7) is 1.04. The molecule has 1 fully saturated rings. The molecule has 0 radical (unpaired) electrons. The Morgan fingerprint density at radius 1 is 1.92 bits per heavy atom. The summed E-state index contributed by atoms with van der Waals surface area (Å²) in [7, 11) is 0. The molecule has 1 saturated heterocycles. The monoisotopic (exact) mass is 197 g/mol. The number of carboxylic acid groups (broad SMARTS) is 1. The normalized spacial score (nSPS) is 32.0. The van der Waals surface area contributed by atoms with Gasteiger partial charge in [-0.05, 0) is 6.92 Å². The molecule has 1 aliphatic heterocycles. The zero-order chi connectivity index (χ0) is 9.30. The summed E-state index contributed by atoms with van der Waals surface area (Å²) >= 11 is -2.05. The van der Waals surface area contributed by atoms with E-state index in [-0.39, 0.29) is 6.61 Å². The number of carbonyl (C=O) groups is 1. The van der Waals surface area contributed by atoms with Crippen LogP contribution >= 0.6 is 0 Å². The second-order valence-electron chi connectivity index (χ2n) is 2.35. The number of alkyl halides is 1. The fourth-order valence-electron chi connectivity index (χ4n) is 0.888. The highest BCUT2D eigenvalue weighted by Gasteiger charge is 2.40. The maximum Gasteiger partial charge on any atom is 0.421 e. The summed E-state index contributed by atoms with van der Waals surface area (Å²) in [4.78, 5) is 10.4. The van der Waals surface area contributed by atoms with E-state index >= 15 is 0 Å². The minimum Gasteiger partial charge on any atom is -0.464 e. The Balaban J connectivity index is 2.77. The molecule has 0 aromatic carbocycles. The van der Waals surface area contributed by atoms with Crippen LogP contribution in [-0.2, 0) is 15.4 Å². The first-order chi connectivity index (χ1) is 5.54. The van der Waals surface area contributed by atoms with E-state index in [0.29, 0.717) is 4.31 Å². The molecule has 1 heterocycles. The highest BCUT2D eigenvalue weighted by molar-refractivity contribution is 7.78. The minimum atomic E-state index is -2.05. The maximum absolute atomic E-state index is 12.7. The number of rotatable bonds is 1. The van der Waals surface area contributed by atoms with Gasteiger partial charge in [0.05, 0.1) is 6.61 Å². The molecule has 5 nitrogen and oxygen atoms in total. The first-order valence-corrected chi connectivity index (χ1v) is 4.28. The number of nitrogens with zero attached hydrogens (tertiary/aromatic N) is 1. The van der Waals surface area contributed by atoms with Crippen LogP contribution in [-0.4, -0.2) is 38.5 Å². The molecule has 1 aliphatic rings. The molecule has 1 N–H and O–H groups in total. The van der Waals surface area contributed by atoms with Crippen LogP contribution in [0, 0.1) is 0 Å². The molecule has 7 heteroatoms. The predicted molar refractivity (Wildman–Crippen MR) is 38.3 cm³/mol. The fourth-order valence-corrected chi connectivity index (χ4v) is 1.83. The molecule has 0 bridgehead atoms. The predicted octanol–water partition coefficient (Wildman–Crippen LogP) is 0.302. The van der Waals surface area contributed by atoms with Crippen LogP contribution in [0.5, 0.6) is 0 Å². The Labute approximate surface area is 70.9 Å². The van der Waals surface area contributed by atoms with Crippen molar-refractivity contribution in [3.8, 4) is 0 Å². The minimum absolute atomic E-state index is 0.156. The van der Waals surface area contributed by atoms with Crippen molar-refractivity contribution in [2.45, 2.75) is 19.1 Å². The summed E-state index contributed by atoms with van der Waals surface area (Å²) in [6.07, 6.45) is -2.81. The van der Waals surface area contributed by atoms with Gasteiger partial charge >= 0.3 is 6.09 Å². The fraction of sp³-hybridized carbons (Fsp3) is 0.800. The molecule has 0 aromatic rings. The highest BCUT2D eigenvalue weighted by Crippen LogP contribution is 2.19. The van der Waals surface area contributed by atoms with E-state index < -0.39 is 29.6 Å². The van der Waals surface area contributed by atoms with Crippen LogP contribution in [0.4, 0.5) is 9.18 Å². The van der Waals surface area contributed by atoms with Gasteiger partial charge in [-0.1, -0.05) is 0 Å². The Hall–Kier alpha value is -0.690. The van der Waals surface area contributed by atoms with Crippen molar-refractivity contribution in [2.75, 3.05) is 6.61 Å². The third-order valence-corrected chi connectivity index (χ3v) is 2.61. The van der Waals surface area contributed by atoms with Crippen molar-refractivity contribution in [3.63, 3.8) is 0 Å². The van der Waals surface area contributed by atoms with Crippen LogP contribution in [0.25, 0.3) is 0 Å². The van der Waals surface area contributed by atoms with Gasteiger partial charge in [-0.25, -0.2) is 13.4 Å². The van der Waals surface area contributed by atoms with Gasteiger partial charge < -0.3 is 5.11 Å². The smallest absolute Gasteiger partial charge is 0.421 e. The quantitative estimate of drug-likeness (QED) is 0.656. The molecule has 0 saturated carbocycles. The van der Waals surface area contributed by atoms with Gasteiger partial charge in [-0.2, -0.15) is 4.31 Å².